The largest absolute Gasteiger partial charge is 0.494 e. The third-order valence-electron chi connectivity index (χ3n) is 10.9. The van der Waals surface area contributed by atoms with Crippen LogP contribution in [0, 0.1) is 17.3 Å². The lowest BCUT2D eigenvalue weighted by atomic mass is 9.65. The molecule has 3 heterocycles. The molecule has 3 amide bonds. The zero-order valence-electron chi connectivity index (χ0n) is 31.6. The van der Waals surface area contributed by atoms with Gasteiger partial charge < -0.3 is 29.3 Å². The minimum absolute atomic E-state index is 0.0983. The second-order valence-corrected chi connectivity index (χ2v) is 16.5. The number of hydrogen-bond donors (Lipinski definition) is 1. The number of ether oxygens (including phenoxy) is 2. The average Bonchev–Trinajstić information content (AvgIpc) is 3.65. The second kappa shape index (κ2) is 14.6. The first kappa shape index (κ1) is 38.3. The van der Waals surface area contributed by atoms with Gasteiger partial charge in [-0.3, -0.25) is 14.4 Å². The van der Waals surface area contributed by atoms with Gasteiger partial charge in [0.25, 0.3) is 0 Å². The van der Waals surface area contributed by atoms with Gasteiger partial charge in [-0.1, -0.05) is 63.3 Å². The van der Waals surface area contributed by atoms with E-state index in [1.54, 1.807) is 22.0 Å². The number of anilines is 1. The summed E-state index contributed by atoms with van der Waals surface area (Å²) < 4.78 is 12.7. The molecule has 51 heavy (non-hydrogen) atoms. The Hall–Kier alpha value is -3.95. The summed E-state index contributed by atoms with van der Waals surface area (Å²) in [5.74, 6) is -1.93. The summed E-state index contributed by atoms with van der Waals surface area (Å²) in [4.78, 5) is 50.5. The van der Waals surface area contributed by atoms with Crippen molar-refractivity contribution in [3.63, 3.8) is 0 Å². The SMILES string of the molecule is C=CCN(C(=O)[C@H]1[C@H]2C(=O)N([C@@H](CO)Cc3ccccc3)C(C(=O)N(CC=C)C(C)(C)CC(C)(C)C)C23CC[C@]1(C)O3)c1ccc(OCC)cc1. The van der Waals surface area contributed by atoms with Crippen molar-refractivity contribution in [1.29, 1.82) is 0 Å². The minimum Gasteiger partial charge on any atom is -0.494 e. The fraction of sp³-hybridized carbons (Fsp3) is 0.548. The Labute approximate surface area is 304 Å². The number of aliphatic hydroxyl groups excluding tert-OH is 1. The fourth-order valence-corrected chi connectivity index (χ4v) is 9.36. The molecule has 3 aliphatic rings. The first-order chi connectivity index (χ1) is 24.1. The van der Waals surface area contributed by atoms with E-state index < -0.39 is 40.7 Å². The summed E-state index contributed by atoms with van der Waals surface area (Å²) >= 11 is 0. The van der Waals surface area contributed by atoms with E-state index in [9.17, 15) is 9.90 Å². The highest BCUT2D eigenvalue weighted by atomic mass is 16.5. The maximum absolute atomic E-state index is 15.3. The highest BCUT2D eigenvalue weighted by Crippen LogP contribution is 2.64. The van der Waals surface area contributed by atoms with E-state index in [2.05, 4.69) is 33.9 Å². The van der Waals surface area contributed by atoms with Crippen LogP contribution in [-0.2, 0) is 25.5 Å². The monoisotopic (exact) mass is 699 g/mol. The first-order valence-electron chi connectivity index (χ1n) is 18.3. The summed E-state index contributed by atoms with van der Waals surface area (Å²) in [5.41, 5.74) is -1.37. The van der Waals surface area contributed by atoms with Crippen LogP contribution in [0.2, 0.25) is 0 Å². The number of nitrogens with zero attached hydrogens (tertiary/aromatic N) is 3. The smallest absolute Gasteiger partial charge is 0.249 e. The van der Waals surface area contributed by atoms with Crippen LogP contribution in [0.4, 0.5) is 5.69 Å². The lowest BCUT2D eigenvalue weighted by molar-refractivity contribution is -0.158. The van der Waals surface area contributed by atoms with Crippen molar-refractivity contribution in [2.24, 2.45) is 17.3 Å². The molecular weight excluding hydrogens is 642 g/mol. The Morgan fingerprint density at radius 2 is 1.67 bits per heavy atom. The van der Waals surface area contributed by atoms with Crippen molar-refractivity contribution in [1.82, 2.24) is 9.80 Å². The van der Waals surface area contributed by atoms with Crippen LogP contribution in [0.3, 0.4) is 0 Å². The molecule has 0 aliphatic carbocycles. The molecule has 2 unspecified atom stereocenters. The number of rotatable bonds is 15. The number of aliphatic hydroxyl groups is 1. The van der Waals surface area contributed by atoms with Gasteiger partial charge in [0.2, 0.25) is 17.7 Å². The van der Waals surface area contributed by atoms with Crippen molar-refractivity contribution in [3.05, 3.63) is 85.5 Å². The van der Waals surface area contributed by atoms with Gasteiger partial charge in [0.15, 0.2) is 0 Å². The van der Waals surface area contributed by atoms with Gasteiger partial charge in [-0.15, -0.1) is 13.2 Å². The molecule has 5 rings (SSSR count). The summed E-state index contributed by atoms with van der Waals surface area (Å²) in [7, 11) is 0. The van der Waals surface area contributed by atoms with Gasteiger partial charge in [-0.25, -0.2) is 0 Å². The van der Waals surface area contributed by atoms with Gasteiger partial charge in [-0.05, 0) is 88.6 Å². The normalized spacial score (nSPS) is 26.1. The summed E-state index contributed by atoms with van der Waals surface area (Å²) in [6.45, 7) is 22.9. The van der Waals surface area contributed by atoms with Gasteiger partial charge >= 0.3 is 0 Å². The van der Waals surface area contributed by atoms with Crippen molar-refractivity contribution >= 4 is 23.4 Å². The molecule has 2 aromatic rings. The molecule has 2 bridgehead atoms. The molecule has 9 nitrogen and oxygen atoms in total. The molecule has 3 saturated heterocycles. The highest BCUT2D eigenvalue weighted by Gasteiger charge is 2.79. The standard InChI is InChI=1S/C42H57N3O6/c1-10-24-43(30-18-20-32(21-19-30)50-12-3)36(47)33-34-37(48)45(31(27-46)26-29-16-14-13-15-17-29)35(42(34)23-22-41(33,9)51-42)38(49)44(25-11-2)40(7,8)28-39(4,5)6/h10-11,13-21,31,33-35,46H,1-2,12,22-28H2,3-9H3/t31-,33-,34+,35?,41+,42?/m1/s1. The quantitative estimate of drug-likeness (QED) is 0.222. The van der Waals surface area contributed by atoms with Crippen LogP contribution in [0.1, 0.15) is 73.3 Å². The third kappa shape index (κ3) is 7.12. The molecule has 3 aliphatic heterocycles. The van der Waals surface area contributed by atoms with Crippen LogP contribution < -0.4 is 9.64 Å². The lowest BCUT2D eigenvalue weighted by Gasteiger charge is -2.46. The Bertz CT molecular complexity index is 1600. The third-order valence-corrected chi connectivity index (χ3v) is 10.9. The van der Waals surface area contributed by atoms with Crippen molar-refractivity contribution in [2.45, 2.75) is 103 Å². The summed E-state index contributed by atoms with van der Waals surface area (Å²) in [6.07, 6.45) is 5.37. The molecule has 276 valence electrons. The number of fused-ring (bicyclic) bond motifs is 1. The first-order valence-corrected chi connectivity index (χ1v) is 18.3. The van der Waals surface area contributed by atoms with E-state index in [1.165, 1.54) is 0 Å². The number of benzene rings is 2. The molecule has 6 atom stereocenters. The average molecular weight is 700 g/mol. The zero-order valence-corrected chi connectivity index (χ0v) is 31.6. The fourth-order valence-electron chi connectivity index (χ4n) is 9.36. The van der Waals surface area contributed by atoms with Crippen LogP contribution in [-0.4, -0.2) is 87.8 Å². The molecule has 0 radical (unpaired) electrons. The van der Waals surface area contributed by atoms with Gasteiger partial charge in [0.05, 0.1) is 36.7 Å². The van der Waals surface area contributed by atoms with Gasteiger partial charge in [0, 0.05) is 24.3 Å². The van der Waals surface area contributed by atoms with E-state index in [-0.39, 0.29) is 42.8 Å². The molecule has 1 spiro atoms. The molecular formula is C42H57N3O6. The Balaban J connectivity index is 1.63. The Morgan fingerprint density at radius 3 is 2.24 bits per heavy atom. The Kier molecular flexibility index (Phi) is 10.9. The number of carbonyl (C=O) groups is 3. The van der Waals surface area contributed by atoms with Gasteiger partial charge in [0.1, 0.15) is 17.4 Å². The Morgan fingerprint density at radius 1 is 1.02 bits per heavy atom. The molecule has 0 aromatic heterocycles. The summed E-state index contributed by atoms with van der Waals surface area (Å²) in [5, 5.41) is 11.0. The molecule has 2 aromatic carbocycles. The summed E-state index contributed by atoms with van der Waals surface area (Å²) in [6, 6.07) is 15.2. The van der Waals surface area contributed by atoms with Crippen LogP contribution in [0.15, 0.2) is 79.9 Å². The highest BCUT2D eigenvalue weighted by molar-refractivity contribution is 6.03. The van der Waals surface area contributed by atoms with Crippen LogP contribution >= 0.6 is 0 Å². The van der Waals surface area contributed by atoms with E-state index >= 15 is 9.59 Å². The molecule has 0 saturated carbocycles. The predicted molar refractivity (Wildman–Crippen MR) is 200 cm³/mol. The van der Waals surface area contributed by atoms with E-state index in [0.29, 0.717) is 43.7 Å². The van der Waals surface area contributed by atoms with E-state index in [0.717, 1.165) is 5.56 Å². The maximum atomic E-state index is 15.3. The second-order valence-electron chi connectivity index (χ2n) is 16.5. The van der Waals surface area contributed by atoms with Crippen LogP contribution in [0.25, 0.3) is 0 Å². The number of amides is 3. The van der Waals surface area contributed by atoms with Crippen molar-refractivity contribution in [2.75, 3.05) is 31.2 Å². The zero-order chi connectivity index (χ0) is 37.4. The van der Waals surface area contributed by atoms with Crippen molar-refractivity contribution in [3.8, 4) is 5.75 Å². The maximum Gasteiger partial charge on any atom is 0.249 e. The molecule has 1 N–H and O–H groups in total. The lowest BCUT2D eigenvalue weighted by Crippen LogP contribution is -2.62. The topological polar surface area (TPSA) is 99.6 Å². The van der Waals surface area contributed by atoms with Crippen LogP contribution in [0.5, 0.6) is 5.75 Å². The van der Waals surface area contributed by atoms with E-state index in [4.69, 9.17) is 9.47 Å². The van der Waals surface area contributed by atoms with Crippen molar-refractivity contribution < 1.29 is 29.0 Å². The van der Waals surface area contributed by atoms with E-state index in [1.807, 2.05) is 87.2 Å². The number of hydrogen-bond acceptors (Lipinski definition) is 6. The molecule has 3 fully saturated rings. The minimum atomic E-state index is -1.26. The predicted octanol–water partition coefficient (Wildman–Crippen LogP) is 6.20. The number of carbonyl (C=O) groups excluding carboxylic acids is 3. The molecule has 9 heteroatoms. The number of likely N-dealkylation sites (tertiary alicyclic amines) is 1. The van der Waals surface area contributed by atoms with Gasteiger partial charge in [-0.2, -0.15) is 0 Å².